The molecule has 0 atom stereocenters. The molecule has 0 spiro atoms. The number of carbonyl (C=O) groups excluding carboxylic acids is 3. The van der Waals surface area contributed by atoms with Gasteiger partial charge in [0.05, 0.1) is 0 Å². The molecule has 0 bridgehead atoms. The Morgan fingerprint density at radius 1 is 0.229 bits per heavy atom. The van der Waals surface area contributed by atoms with Crippen molar-refractivity contribution in [2.75, 3.05) is 13.2 Å². The van der Waals surface area contributed by atoms with E-state index < -0.39 is 12.1 Å². The fourth-order valence-corrected chi connectivity index (χ4v) is 11.4. The number of rotatable bonds is 69. The lowest BCUT2D eigenvalue weighted by molar-refractivity contribution is -0.167. The van der Waals surface area contributed by atoms with E-state index in [1.54, 1.807) is 0 Å². The highest BCUT2D eigenvalue weighted by atomic mass is 16.6. The molecular formula is C75H146O8. The van der Waals surface area contributed by atoms with E-state index >= 15 is 0 Å². The standard InChI is InChI=1S/C57H110O6.C18H36O2/c1-4-7-10-13-16-19-22-25-28-31-34-37-40-43-46-49-55(58)61-52-54(63-57(60)51-48-45-42-39-36-33-30-27-24-21-18-15-12-9-6-3)53-62-56(59)50-47-44-41-38-35-32-29-26-23-20-17-14-11-8-5-2;1-2-3-4-5-6-7-8-9-10-11-12-13-14-15-16-17-18(19)20/h54H,4-53H2,1-3H3;2-17H2,1H3,(H,19,20). The smallest absolute Gasteiger partial charge is 0.306 e. The number of carboxylic acids is 1. The average Bonchev–Trinajstić information content (AvgIpc) is 3.47. The summed E-state index contributed by atoms with van der Waals surface area (Å²) < 4.78 is 16.9. The van der Waals surface area contributed by atoms with Crippen LogP contribution in [-0.4, -0.2) is 48.3 Å². The summed E-state index contributed by atoms with van der Waals surface area (Å²) in [6.45, 7) is 8.98. The Balaban J connectivity index is 0. The van der Waals surface area contributed by atoms with Gasteiger partial charge in [0, 0.05) is 25.7 Å². The monoisotopic (exact) mass is 1180 g/mol. The second-order valence-corrected chi connectivity index (χ2v) is 25.7. The van der Waals surface area contributed by atoms with Crippen LogP contribution in [0.25, 0.3) is 0 Å². The van der Waals surface area contributed by atoms with Gasteiger partial charge in [-0.1, -0.05) is 387 Å². The first-order chi connectivity index (χ1) is 40.8. The molecule has 0 aromatic heterocycles. The number of carboxylic acid groups (broad SMARTS) is 1. The van der Waals surface area contributed by atoms with Gasteiger partial charge in [-0.2, -0.15) is 0 Å². The van der Waals surface area contributed by atoms with E-state index in [0.717, 1.165) is 70.6 Å². The Labute approximate surface area is 518 Å². The van der Waals surface area contributed by atoms with Crippen LogP contribution in [0.4, 0.5) is 0 Å². The average molecular weight is 1180 g/mol. The molecule has 0 saturated heterocycles. The third kappa shape index (κ3) is 75.9. The van der Waals surface area contributed by atoms with Crippen molar-refractivity contribution in [3.8, 4) is 0 Å². The summed E-state index contributed by atoms with van der Waals surface area (Å²) in [6.07, 6.45) is 78.2. The van der Waals surface area contributed by atoms with Gasteiger partial charge in [0.2, 0.25) is 0 Å². The molecule has 0 aliphatic carbocycles. The number of aliphatic carboxylic acids is 1. The van der Waals surface area contributed by atoms with Gasteiger partial charge in [0.15, 0.2) is 6.10 Å². The minimum atomic E-state index is -0.760. The SMILES string of the molecule is CCCCCCCCCCCCCCCCCC(=O)O.CCCCCCCCCCCCCCCCCC(=O)OCC(COC(=O)CCCCCCCCCCCCCCCCC)OC(=O)CCCCCCCCCCCCCCCCC. The van der Waals surface area contributed by atoms with Gasteiger partial charge >= 0.3 is 23.9 Å². The topological polar surface area (TPSA) is 116 Å². The Hall–Kier alpha value is -2.12. The van der Waals surface area contributed by atoms with Crippen LogP contribution >= 0.6 is 0 Å². The zero-order valence-electron chi connectivity index (χ0n) is 56.6. The predicted molar refractivity (Wildman–Crippen MR) is 358 cm³/mol. The highest BCUT2D eigenvalue weighted by molar-refractivity contribution is 5.71. The van der Waals surface area contributed by atoms with E-state index in [-0.39, 0.29) is 31.1 Å². The van der Waals surface area contributed by atoms with Crippen molar-refractivity contribution < 1.29 is 38.5 Å². The molecule has 0 aliphatic heterocycles. The number of hydrogen-bond donors (Lipinski definition) is 1. The van der Waals surface area contributed by atoms with Gasteiger partial charge in [-0.05, 0) is 25.7 Å². The van der Waals surface area contributed by atoms with Gasteiger partial charge in [0.1, 0.15) is 13.2 Å². The molecule has 0 saturated carbocycles. The fraction of sp³-hybridized carbons (Fsp3) is 0.947. The minimum absolute atomic E-state index is 0.0611. The van der Waals surface area contributed by atoms with Crippen molar-refractivity contribution in [2.24, 2.45) is 0 Å². The molecule has 0 aliphatic rings. The number of esters is 3. The summed E-state index contributed by atoms with van der Waals surface area (Å²) in [5, 5.41) is 8.52. The summed E-state index contributed by atoms with van der Waals surface area (Å²) in [5.74, 6) is -1.49. The summed E-state index contributed by atoms with van der Waals surface area (Å²) in [5.41, 5.74) is 0. The molecule has 8 nitrogen and oxygen atoms in total. The molecule has 0 heterocycles. The van der Waals surface area contributed by atoms with Gasteiger partial charge in [-0.3, -0.25) is 19.2 Å². The summed E-state index contributed by atoms with van der Waals surface area (Å²) in [4.78, 5) is 48.4. The van der Waals surface area contributed by atoms with Crippen molar-refractivity contribution >= 4 is 23.9 Å². The van der Waals surface area contributed by atoms with Crippen LogP contribution in [0.1, 0.15) is 439 Å². The van der Waals surface area contributed by atoms with Crippen LogP contribution in [0.2, 0.25) is 0 Å². The first-order valence-electron chi connectivity index (χ1n) is 37.5. The van der Waals surface area contributed by atoms with Crippen molar-refractivity contribution in [1.29, 1.82) is 0 Å². The van der Waals surface area contributed by atoms with Crippen molar-refractivity contribution in [3.63, 3.8) is 0 Å². The molecule has 0 radical (unpaired) electrons. The Kier molecular flexibility index (Phi) is 74.1. The van der Waals surface area contributed by atoms with E-state index in [2.05, 4.69) is 27.7 Å². The molecular weight excluding hydrogens is 1030 g/mol. The van der Waals surface area contributed by atoms with Crippen LogP contribution in [0, 0.1) is 0 Å². The first kappa shape index (κ1) is 82.9. The van der Waals surface area contributed by atoms with E-state index in [4.69, 9.17) is 19.3 Å². The number of hydrogen-bond acceptors (Lipinski definition) is 7. The lowest BCUT2D eigenvalue weighted by atomic mass is 10.0. The van der Waals surface area contributed by atoms with Gasteiger partial charge in [-0.15, -0.1) is 0 Å². The predicted octanol–water partition coefficient (Wildman–Crippen LogP) is 25.1. The Morgan fingerprint density at radius 2 is 0.386 bits per heavy atom. The maximum Gasteiger partial charge on any atom is 0.306 e. The lowest BCUT2D eigenvalue weighted by Crippen LogP contribution is -2.30. The van der Waals surface area contributed by atoms with E-state index in [1.165, 1.54) is 315 Å². The number of ether oxygens (including phenoxy) is 3. The van der Waals surface area contributed by atoms with E-state index in [0.29, 0.717) is 25.7 Å². The maximum absolute atomic E-state index is 12.8. The highest BCUT2D eigenvalue weighted by Gasteiger charge is 2.20. The number of carbonyl (C=O) groups is 4. The van der Waals surface area contributed by atoms with Crippen molar-refractivity contribution in [1.82, 2.24) is 0 Å². The van der Waals surface area contributed by atoms with E-state index in [1.807, 2.05) is 0 Å². The third-order valence-corrected chi connectivity index (χ3v) is 17.1. The quantitative estimate of drug-likeness (QED) is 0.0364. The summed E-state index contributed by atoms with van der Waals surface area (Å²) in [7, 11) is 0. The fourth-order valence-electron chi connectivity index (χ4n) is 11.4. The van der Waals surface area contributed by atoms with Gasteiger partial charge < -0.3 is 19.3 Å². The maximum atomic E-state index is 12.8. The third-order valence-electron chi connectivity index (χ3n) is 17.1. The second-order valence-electron chi connectivity index (χ2n) is 25.7. The van der Waals surface area contributed by atoms with Crippen molar-refractivity contribution in [2.45, 2.75) is 445 Å². The molecule has 83 heavy (non-hydrogen) atoms. The summed E-state index contributed by atoms with van der Waals surface area (Å²) >= 11 is 0. The van der Waals surface area contributed by atoms with Gasteiger partial charge in [-0.25, -0.2) is 0 Å². The summed E-state index contributed by atoms with van der Waals surface area (Å²) in [6, 6.07) is 0. The molecule has 0 rings (SSSR count). The van der Waals surface area contributed by atoms with Crippen molar-refractivity contribution in [3.05, 3.63) is 0 Å². The molecule has 0 fully saturated rings. The second kappa shape index (κ2) is 74.1. The molecule has 0 unspecified atom stereocenters. The highest BCUT2D eigenvalue weighted by Crippen LogP contribution is 2.19. The van der Waals surface area contributed by atoms with Crippen LogP contribution < -0.4 is 0 Å². The lowest BCUT2D eigenvalue weighted by Gasteiger charge is -2.18. The Morgan fingerprint density at radius 3 is 0.566 bits per heavy atom. The van der Waals surface area contributed by atoms with Crippen LogP contribution in [0.15, 0.2) is 0 Å². The zero-order valence-corrected chi connectivity index (χ0v) is 56.6. The molecule has 0 aromatic rings. The minimum Gasteiger partial charge on any atom is -0.481 e. The molecule has 0 aromatic carbocycles. The normalized spacial score (nSPS) is 11.3. The van der Waals surface area contributed by atoms with Crippen LogP contribution in [0.3, 0.4) is 0 Å². The van der Waals surface area contributed by atoms with Crippen LogP contribution in [-0.2, 0) is 33.4 Å². The van der Waals surface area contributed by atoms with E-state index in [9.17, 15) is 19.2 Å². The first-order valence-corrected chi connectivity index (χ1v) is 37.5. The van der Waals surface area contributed by atoms with Crippen LogP contribution in [0.5, 0.6) is 0 Å². The molecule has 494 valence electrons. The molecule has 0 amide bonds. The molecule has 8 heteroatoms. The molecule has 1 N–H and O–H groups in total. The largest absolute Gasteiger partial charge is 0.481 e. The number of unbranched alkanes of at least 4 members (excludes halogenated alkanes) is 56. The zero-order chi connectivity index (χ0) is 60.7. The Bertz CT molecular complexity index is 1240. The van der Waals surface area contributed by atoms with Gasteiger partial charge in [0.25, 0.3) is 0 Å².